The number of aliphatic hydroxyl groups excluding tert-OH is 3. The van der Waals surface area contributed by atoms with Crippen LogP contribution in [-0.4, -0.2) is 69.1 Å². The predicted octanol–water partition coefficient (Wildman–Crippen LogP) is -2.84. The zero-order valence-corrected chi connectivity index (χ0v) is 10.2. The molecule has 1 aliphatic heterocycles. The topological polar surface area (TPSA) is 160 Å². The van der Waals surface area contributed by atoms with Gasteiger partial charge in [-0.2, -0.15) is 0 Å². The summed E-state index contributed by atoms with van der Waals surface area (Å²) in [6, 6.07) is 0. The molecule has 0 aliphatic carbocycles. The lowest BCUT2D eigenvalue weighted by Gasteiger charge is -2.39. The lowest BCUT2D eigenvalue weighted by atomic mass is 9.98. The minimum Gasteiger partial charge on any atom is -0.479 e. The molecule has 0 aromatic carbocycles. The predicted molar refractivity (Wildman–Crippen MR) is 58.7 cm³/mol. The number of carboxylic acid groups (broad SMARTS) is 1. The highest BCUT2D eigenvalue weighted by Crippen LogP contribution is 2.23. The molecule has 0 spiro atoms. The number of carbonyl (C=O) groups excluding carboxylic acids is 1. The maximum atomic E-state index is 11.0. The Labute approximate surface area is 108 Å². The van der Waals surface area contributed by atoms with Gasteiger partial charge in [-0.05, 0) is 6.42 Å². The number of aliphatic carboxylic acids is 1. The van der Waals surface area contributed by atoms with Gasteiger partial charge >= 0.3 is 5.97 Å². The Hall–Kier alpha value is -1.26. The van der Waals surface area contributed by atoms with Crippen LogP contribution in [0.3, 0.4) is 0 Å². The molecule has 0 aromatic heterocycles. The molecule has 19 heavy (non-hydrogen) atoms. The van der Waals surface area contributed by atoms with E-state index in [4.69, 9.17) is 20.3 Å². The van der Waals surface area contributed by atoms with Gasteiger partial charge in [0.15, 0.2) is 18.5 Å². The van der Waals surface area contributed by atoms with Crippen LogP contribution in [0.2, 0.25) is 0 Å². The summed E-state index contributed by atoms with van der Waals surface area (Å²) in [6.45, 7) is 1.53. The summed E-state index contributed by atoms with van der Waals surface area (Å²) >= 11 is 0. The Morgan fingerprint density at radius 3 is 2.26 bits per heavy atom. The van der Waals surface area contributed by atoms with Crippen molar-refractivity contribution in [2.75, 3.05) is 0 Å². The Morgan fingerprint density at radius 1 is 1.26 bits per heavy atom. The van der Waals surface area contributed by atoms with Crippen molar-refractivity contribution in [1.29, 1.82) is 0 Å². The van der Waals surface area contributed by atoms with Crippen molar-refractivity contribution in [3.05, 3.63) is 0 Å². The molecule has 9 heteroatoms. The van der Waals surface area contributed by atoms with Gasteiger partial charge in [-0.3, -0.25) is 4.79 Å². The van der Waals surface area contributed by atoms with E-state index in [0.717, 1.165) is 0 Å². The zero-order chi connectivity index (χ0) is 14.7. The normalized spacial score (nSPS) is 36.7. The first-order valence-corrected chi connectivity index (χ1v) is 5.66. The van der Waals surface area contributed by atoms with Crippen molar-refractivity contribution in [2.45, 2.75) is 50.2 Å². The van der Waals surface area contributed by atoms with Crippen molar-refractivity contribution in [3.63, 3.8) is 0 Å². The molecule has 0 radical (unpaired) electrons. The molecule has 9 nitrogen and oxygen atoms in total. The molecule has 0 aromatic rings. The van der Waals surface area contributed by atoms with Gasteiger partial charge in [0.2, 0.25) is 5.91 Å². The number of amides is 1. The average molecular weight is 279 g/mol. The number of ether oxygens (including phenoxy) is 2. The first kappa shape index (κ1) is 15.8. The van der Waals surface area contributed by atoms with Crippen LogP contribution in [0.25, 0.3) is 0 Å². The van der Waals surface area contributed by atoms with Crippen molar-refractivity contribution in [1.82, 2.24) is 0 Å². The first-order valence-electron chi connectivity index (χ1n) is 5.66. The number of rotatable bonds is 5. The third-order valence-corrected chi connectivity index (χ3v) is 2.79. The Balaban J connectivity index is 2.82. The van der Waals surface area contributed by atoms with E-state index >= 15 is 0 Å². The van der Waals surface area contributed by atoms with E-state index in [9.17, 15) is 24.9 Å². The number of carboxylic acids is 1. The summed E-state index contributed by atoms with van der Waals surface area (Å²) in [4.78, 5) is 21.8. The molecule has 1 heterocycles. The molecule has 1 saturated heterocycles. The Bertz CT molecular complexity index is 346. The van der Waals surface area contributed by atoms with Gasteiger partial charge in [-0.15, -0.1) is 0 Å². The van der Waals surface area contributed by atoms with Crippen LogP contribution in [0, 0.1) is 0 Å². The lowest BCUT2D eigenvalue weighted by molar-refractivity contribution is -0.299. The highest BCUT2D eigenvalue weighted by molar-refractivity contribution is 5.79. The van der Waals surface area contributed by atoms with Gasteiger partial charge in [-0.1, -0.05) is 6.92 Å². The van der Waals surface area contributed by atoms with E-state index < -0.39 is 48.7 Å². The average Bonchev–Trinajstić information content (AvgIpc) is 2.34. The second kappa shape index (κ2) is 6.26. The summed E-state index contributed by atoms with van der Waals surface area (Å²) in [5, 5.41) is 37.5. The van der Waals surface area contributed by atoms with Gasteiger partial charge in [0.1, 0.15) is 18.3 Å². The number of aliphatic hydroxyl groups is 3. The molecule has 4 unspecified atom stereocenters. The molecular weight excluding hydrogens is 262 g/mol. The number of primary amides is 1. The zero-order valence-electron chi connectivity index (χ0n) is 10.2. The van der Waals surface area contributed by atoms with E-state index in [1.807, 2.05) is 0 Å². The first-order chi connectivity index (χ1) is 8.79. The Kier molecular flexibility index (Phi) is 5.20. The van der Waals surface area contributed by atoms with Crippen LogP contribution >= 0.6 is 0 Å². The Morgan fingerprint density at radius 2 is 1.84 bits per heavy atom. The number of nitrogens with two attached hydrogens (primary N) is 1. The second-order valence-corrected chi connectivity index (χ2v) is 4.17. The molecular formula is C10H17NO8. The summed E-state index contributed by atoms with van der Waals surface area (Å²) in [6.07, 6.45) is -9.50. The molecule has 1 aliphatic rings. The smallest absolute Gasteiger partial charge is 0.332 e. The molecule has 1 rings (SSSR count). The fourth-order valence-corrected chi connectivity index (χ4v) is 1.69. The van der Waals surface area contributed by atoms with Gasteiger partial charge in [0, 0.05) is 0 Å². The quantitative estimate of drug-likeness (QED) is 0.359. The van der Waals surface area contributed by atoms with Crippen molar-refractivity contribution >= 4 is 11.9 Å². The summed E-state index contributed by atoms with van der Waals surface area (Å²) in [5.41, 5.74) is 4.96. The van der Waals surface area contributed by atoms with Crippen molar-refractivity contribution in [2.24, 2.45) is 5.73 Å². The van der Waals surface area contributed by atoms with E-state index in [2.05, 4.69) is 0 Å². The van der Waals surface area contributed by atoms with E-state index in [-0.39, 0.29) is 6.42 Å². The van der Waals surface area contributed by atoms with Gasteiger partial charge in [0.25, 0.3) is 0 Å². The molecule has 1 amide bonds. The summed E-state index contributed by atoms with van der Waals surface area (Å²) in [5.74, 6) is -2.34. The highest BCUT2D eigenvalue weighted by atomic mass is 16.7. The molecule has 0 bridgehead atoms. The molecule has 1 fully saturated rings. The van der Waals surface area contributed by atoms with Crippen molar-refractivity contribution < 1.29 is 39.5 Å². The molecule has 6 N–H and O–H groups in total. The molecule has 110 valence electrons. The third kappa shape index (κ3) is 3.39. The summed E-state index contributed by atoms with van der Waals surface area (Å²) < 4.78 is 9.87. The van der Waals surface area contributed by atoms with Gasteiger partial charge < -0.3 is 35.6 Å². The number of hydrogen-bond acceptors (Lipinski definition) is 7. The van der Waals surface area contributed by atoms with Crippen LogP contribution in [-0.2, 0) is 19.1 Å². The minimum atomic E-state index is -1.73. The largest absolute Gasteiger partial charge is 0.479 e. The maximum absolute atomic E-state index is 11.0. The van der Waals surface area contributed by atoms with Crippen LogP contribution in [0.1, 0.15) is 13.3 Å². The monoisotopic (exact) mass is 279 g/mol. The van der Waals surface area contributed by atoms with Crippen LogP contribution in [0.4, 0.5) is 0 Å². The van der Waals surface area contributed by atoms with Gasteiger partial charge in [-0.25, -0.2) is 4.79 Å². The van der Waals surface area contributed by atoms with Crippen LogP contribution in [0.5, 0.6) is 0 Å². The highest BCUT2D eigenvalue weighted by Gasteiger charge is 2.47. The summed E-state index contributed by atoms with van der Waals surface area (Å²) in [7, 11) is 0. The number of hydrogen-bond donors (Lipinski definition) is 5. The van der Waals surface area contributed by atoms with E-state index in [1.165, 1.54) is 6.92 Å². The SMILES string of the molecule is CCC(OC1OC(C(N)=O)[C@H](O)C(O)[C@@H]1O)C(=O)O. The van der Waals surface area contributed by atoms with Crippen LogP contribution in [0.15, 0.2) is 0 Å². The third-order valence-electron chi connectivity index (χ3n) is 2.79. The maximum Gasteiger partial charge on any atom is 0.332 e. The van der Waals surface area contributed by atoms with Gasteiger partial charge in [0.05, 0.1) is 0 Å². The van der Waals surface area contributed by atoms with E-state index in [1.54, 1.807) is 0 Å². The minimum absolute atomic E-state index is 0.0851. The standard InChI is InChI=1S/C10H17NO8/c1-2-3(9(16)17)18-10-6(14)4(12)5(13)7(19-10)8(11)15/h3-7,10,12-14H,2H2,1H3,(H2,11,15)(H,16,17)/t3?,4?,5-,6+,7?,10?/m1/s1. The molecule has 6 atom stereocenters. The second-order valence-electron chi connectivity index (χ2n) is 4.17. The van der Waals surface area contributed by atoms with E-state index in [0.29, 0.717) is 0 Å². The molecule has 0 saturated carbocycles. The van der Waals surface area contributed by atoms with Crippen LogP contribution < -0.4 is 5.73 Å². The van der Waals surface area contributed by atoms with Crippen molar-refractivity contribution in [3.8, 4) is 0 Å². The number of carbonyl (C=O) groups is 2. The lowest BCUT2D eigenvalue weighted by Crippen LogP contribution is -2.62. The fourth-order valence-electron chi connectivity index (χ4n) is 1.69. The fraction of sp³-hybridized carbons (Fsp3) is 0.800.